The fraction of sp³-hybridized carbons (Fsp3) is 0.353. The standard InChI is InChI=1S/C17H19BrN4O/c18-13-6-4-5-12(11-13)17(23)20-16-10-9-15(21-22-16)19-14-7-2-1-3-8-14/h4-6,9-11,14H,1-3,7-8H2,(H,19,21)(H,20,22,23). The van der Waals surface area contributed by atoms with E-state index in [4.69, 9.17) is 0 Å². The van der Waals surface area contributed by atoms with Gasteiger partial charge in [-0.25, -0.2) is 0 Å². The van der Waals surface area contributed by atoms with Gasteiger partial charge < -0.3 is 10.6 Å². The van der Waals surface area contributed by atoms with Crippen LogP contribution in [0.5, 0.6) is 0 Å². The molecule has 1 heterocycles. The summed E-state index contributed by atoms with van der Waals surface area (Å²) >= 11 is 3.36. The van der Waals surface area contributed by atoms with Crippen LogP contribution < -0.4 is 10.6 Å². The maximum absolute atomic E-state index is 12.2. The first-order valence-corrected chi connectivity index (χ1v) is 8.67. The lowest BCUT2D eigenvalue weighted by Crippen LogP contribution is -2.23. The molecule has 1 fully saturated rings. The predicted octanol–water partition coefficient (Wildman–Crippen LogP) is 4.24. The number of nitrogens with one attached hydrogen (secondary N) is 2. The number of halogens is 1. The first-order valence-electron chi connectivity index (χ1n) is 7.88. The summed E-state index contributed by atoms with van der Waals surface area (Å²) in [6.07, 6.45) is 6.23. The molecule has 0 atom stereocenters. The van der Waals surface area contributed by atoms with Crippen molar-refractivity contribution >= 4 is 33.5 Å². The molecule has 3 rings (SSSR count). The van der Waals surface area contributed by atoms with Crippen molar-refractivity contribution in [1.82, 2.24) is 10.2 Å². The number of rotatable bonds is 4. The Bertz CT molecular complexity index is 669. The summed E-state index contributed by atoms with van der Waals surface area (Å²) in [6.45, 7) is 0. The number of anilines is 2. The second kappa shape index (κ2) is 7.55. The Morgan fingerprint density at radius 3 is 2.48 bits per heavy atom. The number of carbonyl (C=O) groups is 1. The maximum Gasteiger partial charge on any atom is 0.256 e. The molecular weight excluding hydrogens is 356 g/mol. The van der Waals surface area contributed by atoms with Crippen LogP contribution in [0, 0.1) is 0 Å². The summed E-state index contributed by atoms with van der Waals surface area (Å²) in [5.74, 6) is 1.01. The van der Waals surface area contributed by atoms with Crippen LogP contribution in [0.3, 0.4) is 0 Å². The van der Waals surface area contributed by atoms with Crippen molar-refractivity contribution in [3.05, 3.63) is 46.4 Å². The van der Waals surface area contributed by atoms with Crippen LogP contribution in [-0.4, -0.2) is 22.1 Å². The average Bonchev–Trinajstić information content (AvgIpc) is 2.57. The van der Waals surface area contributed by atoms with Gasteiger partial charge in [0.2, 0.25) is 0 Å². The van der Waals surface area contributed by atoms with E-state index in [1.165, 1.54) is 32.1 Å². The van der Waals surface area contributed by atoms with E-state index in [0.717, 1.165) is 10.3 Å². The van der Waals surface area contributed by atoms with Crippen LogP contribution in [0.25, 0.3) is 0 Å². The van der Waals surface area contributed by atoms with Crippen molar-refractivity contribution in [2.24, 2.45) is 0 Å². The van der Waals surface area contributed by atoms with Gasteiger partial charge in [-0.05, 0) is 43.2 Å². The van der Waals surface area contributed by atoms with Gasteiger partial charge in [0.05, 0.1) is 0 Å². The number of nitrogens with zero attached hydrogens (tertiary/aromatic N) is 2. The van der Waals surface area contributed by atoms with Gasteiger partial charge in [-0.2, -0.15) is 0 Å². The van der Waals surface area contributed by atoms with Crippen molar-refractivity contribution < 1.29 is 4.79 Å². The monoisotopic (exact) mass is 374 g/mol. The molecule has 5 nitrogen and oxygen atoms in total. The maximum atomic E-state index is 12.2. The zero-order valence-corrected chi connectivity index (χ0v) is 14.3. The lowest BCUT2D eigenvalue weighted by atomic mass is 9.95. The SMILES string of the molecule is O=C(Nc1ccc(NC2CCCCC2)nn1)c1cccc(Br)c1. The van der Waals surface area contributed by atoms with Crippen LogP contribution >= 0.6 is 15.9 Å². The quantitative estimate of drug-likeness (QED) is 0.839. The molecule has 0 radical (unpaired) electrons. The van der Waals surface area contributed by atoms with Gasteiger partial charge in [-0.1, -0.05) is 41.3 Å². The van der Waals surface area contributed by atoms with Crippen molar-refractivity contribution in [1.29, 1.82) is 0 Å². The van der Waals surface area contributed by atoms with E-state index in [1.54, 1.807) is 18.2 Å². The van der Waals surface area contributed by atoms with Gasteiger partial charge in [0.25, 0.3) is 5.91 Å². The first-order chi connectivity index (χ1) is 11.2. The molecule has 0 saturated heterocycles. The summed E-state index contributed by atoms with van der Waals surface area (Å²) < 4.78 is 0.864. The van der Waals surface area contributed by atoms with Crippen LogP contribution in [0.4, 0.5) is 11.6 Å². The highest BCUT2D eigenvalue weighted by Gasteiger charge is 2.14. The lowest BCUT2D eigenvalue weighted by Gasteiger charge is -2.22. The molecule has 0 aliphatic heterocycles. The van der Waals surface area contributed by atoms with Crippen LogP contribution in [0.2, 0.25) is 0 Å². The Hall–Kier alpha value is -1.95. The Morgan fingerprint density at radius 1 is 1.04 bits per heavy atom. The Morgan fingerprint density at radius 2 is 1.78 bits per heavy atom. The molecule has 1 aliphatic rings. The zero-order chi connectivity index (χ0) is 16.1. The van der Waals surface area contributed by atoms with Gasteiger partial charge in [0, 0.05) is 16.1 Å². The molecular formula is C17H19BrN4O. The second-order valence-corrected chi connectivity index (χ2v) is 6.66. The fourth-order valence-corrected chi connectivity index (χ4v) is 3.15. The van der Waals surface area contributed by atoms with Gasteiger partial charge >= 0.3 is 0 Å². The van der Waals surface area contributed by atoms with Gasteiger partial charge in [0.15, 0.2) is 5.82 Å². The summed E-state index contributed by atoms with van der Waals surface area (Å²) in [5, 5.41) is 14.4. The topological polar surface area (TPSA) is 66.9 Å². The van der Waals surface area contributed by atoms with Crippen molar-refractivity contribution in [2.75, 3.05) is 10.6 Å². The minimum absolute atomic E-state index is 0.200. The lowest BCUT2D eigenvalue weighted by molar-refractivity contribution is 0.102. The average molecular weight is 375 g/mol. The molecule has 1 aromatic carbocycles. The second-order valence-electron chi connectivity index (χ2n) is 5.75. The zero-order valence-electron chi connectivity index (χ0n) is 12.8. The molecule has 6 heteroatoms. The Balaban J connectivity index is 1.59. The van der Waals surface area contributed by atoms with Crippen molar-refractivity contribution in [3.63, 3.8) is 0 Å². The van der Waals surface area contributed by atoms with Gasteiger partial charge in [-0.15, -0.1) is 10.2 Å². The van der Waals surface area contributed by atoms with Crippen LogP contribution in [0.1, 0.15) is 42.5 Å². The molecule has 0 spiro atoms. The largest absolute Gasteiger partial charge is 0.366 e. The number of aromatic nitrogens is 2. The number of carbonyl (C=O) groups excluding carboxylic acids is 1. The number of hydrogen-bond acceptors (Lipinski definition) is 4. The van der Waals surface area contributed by atoms with E-state index in [2.05, 4.69) is 36.8 Å². The normalized spacial score (nSPS) is 15.2. The van der Waals surface area contributed by atoms with Crippen molar-refractivity contribution in [2.45, 2.75) is 38.1 Å². The minimum Gasteiger partial charge on any atom is -0.366 e. The van der Waals surface area contributed by atoms with Crippen LogP contribution in [0.15, 0.2) is 40.9 Å². The van der Waals surface area contributed by atoms with E-state index in [1.807, 2.05) is 18.2 Å². The summed E-state index contributed by atoms with van der Waals surface area (Å²) in [4.78, 5) is 12.2. The summed E-state index contributed by atoms with van der Waals surface area (Å²) in [6, 6.07) is 11.3. The molecule has 1 aromatic heterocycles. The van der Waals surface area contributed by atoms with E-state index < -0.39 is 0 Å². The molecule has 1 aliphatic carbocycles. The predicted molar refractivity (Wildman–Crippen MR) is 94.6 cm³/mol. The van der Waals surface area contributed by atoms with Crippen molar-refractivity contribution in [3.8, 4) is 0 Å². The number of hydrogen-bond donors (Lipinski definition) is 2. The number of benzene rings is 1. The van der Waals surface area contributed by atoms with E-state index in [9.17, 15) is 4.79 Å². The summed E-state index contributed by atoms with van der Waals surface area (Å²) in [7, 11) is 0. The van der Waals surface area contributed by atoms with E-state index in [-0.39, 0.29) is 5.91 Å². The third kappa shape index (κ3) is 4.51. The minimum atomic E-state index is -0.200. The van der Waals surface area contributed by atoms with E-state index >= 15 is 0 Å². The highest BCUT2D eigenvalue weighted by molar-refractivity contribution is 9.10. The molecule has 0 bridgehead atoms. The van der Waals surface area contributed by atoms with Gasteiger partial charge in [0.1, 0.15) is 5.82 Å². The van der Waals surface area contributed by atoms with Crippen LogP contribution in [-0.2, 0) is 0 Å². The number of amides is 1. The highest BCUT2D eigenvalue weighted by atomic mass is 79.9. The molecule has 120 valence electrons. The third-order valence-corrected chi connectivity index (χ3v) is 4.44. The molecule has 1 saturated carbocycles. The molecule has 23 heavy (non-hydrogen) atoms. The highest BCUT2D eigenvalue weighted by Crippen LogP contribution is 2.21. The molecule has 1 amide bonds. The fourth-order valence-electron chi connectivity index (χ4n) is 2.75. The smallest absolute Gasteiger partial charge is 0.256 e. The van der Waals surface area contributed by atoms with E-state index in [0.29, 0.717) is 17.4 Å². The molecule has 2 aromatic rings. The summed E-state index contributed by atoms with van der Waals surface area (Å²) in [5.41, 5.74) is 0.575. The Kier molecular flexibility index (Phi) is 5.23. The molecule has 2 N–H and O–H groups in total. The third-order valence-electron chi connectivity index (χ3n) is 3.95. The Labute approximate surface area is 144 Å². The first kappa shape index (κ1) is 15.9. The van der Waals surface area contributed by atoms with Gasteiger partial charge in [-0.3, -0.25) is 4.79 Å². The molecule has 0 unspecified atom stereocenters.